The number of nitrogens with one attached hydrogen (secondary N) is 1. The van der Waals surface area contributed by atoms with Gasteiger partial charge in [-0.15, -0.1) is 0 Å². The first-order valence-corrected chi connectivity index (χ1v) is 7.97. The molecule has 1 aromatic carbocycles. The lowest BCUT2D eigenvalue weighted by molar-refractivity contribution is 0.0744. The van der Waals surface area contributed by atoms with Crippen LogP contribution in [0, 0.1) is 5.82 Å². The molecule has 4 nitrogen and oxygen atoms in total. The van der Waals surface area contributed by atoms with Crippen LogP contribution in [0.1, 0.15) is 36.5 Å². The third-order valence-electron chi connectivity index (χ3n) is 4.16. The number of nitrogens with zero attached hydrogens (tertiary/aromatic N) is 2. The molecule has 2 aromatic rings. The monoisotopic (exact) mass is 313 g/mol. The highest BCUT2D eigenvalue weighted by Crippen LogP contribution is 2.25. The Morgan fingerprint density at radius 2 is 2.35 bits per heavy atom. The van der Waals surface area contributed by atoms with Crippen LogP contribution in [0.5, 0.6) is 0 Å². The number of amides is 1. The fraction of sp³-hybridized carbons (Fsp3) is 0.333. The summed E-state index contributed by atoms with van der Waals surface area (Å²) in [5.41, 5.74) is 1.68. The SMILES string of the molecule is CCCC[C@@H]1C=CCN1C(=O)c1cn[nH]c1-c1cccc(F)c1. The highest BCUT2D eigenvalue weighted by atomic mass is 19.1. The van der Waals surface area contributed by atoms with Gasteiger partial charge in [-0.1, -0.05) is 44.1 Å². The molecule has 1 aliphatic rings. The van der Waals surface area contributed by atoms with Crippen LogP contribution >= 0.6 is 0 Å². The van der Waals surface area contributed by atoms with Crippen LogP contribution in [0.2, 0.25) is 0 Å². The number of hydrogen-bond donors (Lipinski definition) is 1. The number of unbranched alkanes of at least 4 members (excludes halogenated alkanes) is 1. The zero-order valence-corrected chi connectivity index (χ0v) is 13.1. The van der Waals surface area contributed by atoms with Crippen molar-refractivity contribution in [2.24, 2.45) is 0 Å². The lowest BCUT2D eigenvalue weighted by Crippen LogP contribution is -2.36. The van der Waals surface area contributed by atoms with Crippen molar-refractivity contribution in [3.63, 3.8) is 0 Å². The average molecular weight is 313 g/mol. The second-order valence-electron chi connectivity index (χ2n) is 5.76. The normalized spacial score (nSPS) is 17.0. The number of aromatic nitrogens is 2. The number of rotatable bonds is 5. The van der Waals surface area contributed by atoms with Crippen LogP contribution in [0.3, 0.4) is 0 Å². The smallest absolute Gasteiger partial charge is 0.258 e. The molecule has 1 amide bonds. The standard InChI is InChI=1S/C18H20FN3O/c1-2-3-8-15-9-5-10-22(15)18(23)16-12-20-21-17(16)13-6-4-7-14(19)11-13/h4-7,9,11-12,15H,2-3,8,10H2,1H3,(H,20,21)/t15-/m1/s1. The summed E-state index contributed by atoms with van der Waals surface area (Å²) in [6.45, 7) is 2.75. The Morgan fingerprint density at radius 1 is 1.48 bits per heavy atom. The minimum absolute atomic E-state index is 0.0656. The molecule has 23 heavy (non-hydrogen) atoms. The minimum atomic E-state index is -0.334. The fourth-order valence-corrected chi connectivity index (χ4v) is 2.94. The Bertz CT molecular complexity index is 723. The van der Waals surface area contributed by atoms with Crippen molar-refractivity contribution in [1.29, 1.82) is 0 Å². The average Bonchev–Trinajstić information content (AvgIpc) is 3.21. The molecule has 5 heteroatoms. The molecular formula is C18H20FN3O. The fourth-order valence-electron chi connectivity index (χ4n) is 2.94. The molecule has 0 saturated heterocycles. The van der Waals surface area contributed by atoms with Crippen molar-refractivity contribution in [2.45, 2.75) is 32.2 Å². The van der Waals surface area contributed by atoms with E-state index in [1.165, 1.54) is 18.3 Å². The van der Waals surface area contributed by atoms with E-state index in [1.54, 1.807) is 12.1 Å². The molecule has 0 aliphatic carbocycles. The molecule has 3 rings (SSSR count). The Balaban J connectivity index is 1.85. The summed E-state index contributed by atoms with van der Waals surface area (Å²) < 4.78 is 13.5. The Labute approximate surface area is 135 Å². The first-order chi connectivity index (χ1) is 11.2. The Kier molecular flexibility index (Phi) is 4.55. The molecule has 0 fully saturated rings. The van der Waals surface area contributed by atoms with E-state index >= 15 is 0 Å². The molecule has 1 aromatic heterocycles. The zero-order valence-electron chi connectivity index (χ0n) is 13.1. The lowest BCUT2D eigenvalue weighted by Gasteiger charge is -2.24. The maximum absolute atomic E-state index is 13.5. The van der Waals surface area contributed by atoms with E-state index in [2.05, 4.69) is 23.2 Å². The van der Waals surface area contributed by atoms with Crippen LogP contribution in [-0.2, 0) is 0 Å². The van der Waals surface area contributed by atoms with Crippen molar-refractivity contribution >= 4 is 5.91 Å². The summed E-state index contributed by atoms with van der Waals surface area (Å²) >= 11 is 0. The molecule has 1 N–H and O–H groups in total. The summed E-state index contributed by atoms with van der Waals surface area (Å²) in [5, 5.41) is 6.82. The van der Waals surface area contributed by atoms with Crippen LogP contribution < -0.4 is 0 Å². The summed E-state index contributed by atoms with van der Waals surface area (Å²) in [6, 6.07) is 6.32. The highest BCUT2D eigenvalue weighted by molar-refractivity contribution is 6.00. The number of hydrogen-bond acceptors (Lipinski definition) is 2. The van der Waals surface area contributed by atoms with Gasteiger partial charge in [0.05, 0.1) is 23.5 Å². The van der Waals surface area contributed by atoms with Gasteiger partial charge in [0, 0.05) is 12.1 Å². The van der Waals surface area contributed by atoms with Gasteiger partial charge >= 0.3 is 0 Å². The molecule has 2 heterocycles. The second-order valence-corrected chi connectivity index (χ2v) is 5.76. The van der Waals surface area contributed by atoms with E-state index < -0.39 is 0 Å². The second kappa shape index (κ2) is 6.77. The molecule has 0 radical (unpaired) electrons. The van der Waals surface area contributed by atoms with Gasteiger partial charge in [0.15, 0.2) is 0 Å². The molecule has 0 saturated carbocycles. The molecule has 0 bridgehead atoms. The topological polar surface area (TPSA) is 49.0 Å². The number of aromatic amines is 1. The van der Waals surface area contributed by atoms with Gasteiger partial charge < -0.3 is 4.90 Å². The first-order valence-electron chi connectivity index (χ1n) is 7.97. The van der Waals surface area contributed by atoms with Gasteiger partial charge in [-0.05, 0) is 18.6 Å². The largest absolute Gasteiger partial charge is 0.328 e. The van der Waals surface area contributed by atoms with E-state index in [-0.39, 0.29) is 17.8 Å². The van der Waals surface area contributed by atoms with Crippen LogP contribution in [0.15, 0.2) is 42.6 Å². The van der Waals surface area contributed by atoms with Crippen molar-refractivity contribution < 1.29 is 9.18 Å². The molecule has 0 spiro atoms. The number of benzene rings is 1. The van der Waals surface area contributed by atoms with E-state index in [9.17, 15) is 9.18 Å². The van der Waals surface area contributed by atoms with Crippen molar-refractivity contribution in [3.05, 3.63) is 54.0 Å². The van der Waals surface area contributed by atoms with Gasteiger partial charge in [0.2, 0.25) is 0 Å². The maximum Gasteiger partial charge on any atom is 0.258 e. The van der Waals surface area contributed by atoms with Gasteiger partial charge in [-0.2, -0.15) is 5.10 Å². The van der Waals surface area contributed by atoms with Crippen LogP contribution in [0.4, 0.5) is 4.39 Å². The molecule has 120 valence electrons. The van der Waals surface area contributed by atoms with Crippen molar-refractivity contribution in [1.82, 2.24) is 15.1 Å². The Hall–Kier alpha value is -2.43. The van der Waals surface area contributed by atoms with Gasteiger partial charge in [0.1, 0.15) is 5.82 Å². The predicted octanol–water partition coefficient (Wildman–Crippen LogP) is 3.79. The quantitative estimate of drug-likeness (QED) is 0.854. The van der Waals surface area contributed by atoms with Gasteiger partial charge in [0.25, 0.3) is 5.91 Å². The molecule has 0 unspecified atom stereocenters. The molecular weight excluding hydrogens is 293 g/mol. The van der Waals surface area contributed by atoms with E-state index in [4.69, 9.17) is 0 Å². The number of carbonyl (C=O) groups is 1. The highest BCUT2D eigenvalue weighted by Gasteiger charge is 2.28. The maximum atomic E-state index is 13.5. The van der Waals surface area contributed by atoms with Crippen molar-refractivity contribution in [3.8, 4) is 11.3 Å². The van der Waals surface area contributed by atoms with Crippen LogP contribution in [-0.4, -0.2) is 33.6 Å². The van der Waals surface area contributed by atoms with Crippen molar-refractivity contribution in [2.75, 3.05) is 6.54 Å². The number of H-pyrrole nitrogens is 1. The third kappa shape index (κ3) is 3.18. The third-order valence-corrected chi connectivity index (χ3v) is 4.16. The number of carbonyl (C=O) groups excluding carboxylic acids is 1. The minimum Gasteiger partial charge on any atom is -0.328 e. The molecule has 1 aliphatic heterocycles. The summed E-state index contributed by atoms with van der Waals surface area (Å²) in [5.74, 6) is -0.400. The van der Waals surface area contributed by atoms with E-state index in [0.29, 0.717) is 23.4 Å². The lowest BCUT2D eigenvalue weighted by atomic mass is 10.1. The van der Waals surface area contributed by atoms with Gasteiger partial charge in [-0.25, -0.2) is 4.39 Å². The Morgan fingerprint density at radius 3 is 3.13 bits per heavy atom. The summed E-state index contributed by atoms with van der Waals surface area (Å²) in [4.78, 5) is 14.7. The van der Waals surface area contributed by atoms with E-state index in [0.717, 1.165) is 19.3 Å². The first kappa shape index (κ1) is 15.5. The van der Waals surface area contributed by atoms with Gasteiger partial charge in [-0.3, -0.25) is 9.89 Å². The zero-order chi connectivity index (χ0) is 16.2. The number of halogens is 1. The van der Waals surface area contributed by atoms with E-state index in [1.807, 2.05) is 11.0 Å². The molecule has 1 atom stereocenters. The predicted molar refractivity (Wildman–Crippen MR) is 87.5 cm³/mol. The summed E-state index contributed by atoms with van der Waals surface area (Å²) in [7, 11) is 0. The van der Waals surface area contributed by atoms with Crippen LogP contribution in [0.25, 0.3) is 11.3 Å². The summed E-state index contributed by atoms with van der Waals surface area (Å²) in [6.07, 6.45) is 8.80.